The second-order valence-electron chi connectivity index (χ2n) is 7.53. The van der Waals surface area contributed by atoms with Crippen LogP contribution in [0.25, 0.3) is 5.65 Å². The first kappa shape index (κ1) is 20.3. The summed E-state index contributed by atoms with van der Waals surface area (Å²) in [4.78, 5) is 26.7. The van der Waals surface area contributed by atoms with Gasteiger partial charge in [0, 0.05) is 48.8 Å². The van der Waals surface area contributed by atoms with E-state index in [0.717, 1.165) is 30.9 Å². The molecule has 3 aromatic rings. The van der Waals surface area contributed by atoms with E-state index < -0.39 is 0 Å². The molecular weight excluding hydrogens is 402 g/mol. The summed E-state index contributed by atoms with van der Waals surface area (Å²) >= 11 is 5.84. The molecule has 1 aliphatic heterocycles. The van der Waals surface area contributed by atoms with E-state index in [2.05, 4.69) is 15.5 Å². The van der Waals surface area contributed by atoms with Gasteiger partial charge in [-0.2, -0.15) is 0 Å². The number of carbonyl (C=O) groups excluding carboxylic acids is 2. The highest BCUT2D eigenvalue weighted by Crippen LogP contribution is 2.26. The quantitative estimate of drug-likeness (QED) is 0.614. The Hall–Kier alpha value is -2.93. The zero-order chi connectivity index (χ0) is 20.9. The van der Waals surface area contributed by atoms with E-state index >= 15 is 0 Å². The number of pyridine rings is 1. The molecule has 2 aromatic heterocycles. The van der Waals surface area contributed by atoms with Gasteiger partial charge < -0.3 is 10.2 Å². The largest absolute Gasteiger partial charge is 0.352 e. The lowest BCUT2D eigenvalue weighted by molar-refractivity contribution is -0.132. The van der Waals surface area contributed by atoms with Crippen molar-refractivity contribution in [2.24, 2.45) is 0 Å². The lowest BCUT2D eigenvalue weighted by atomic mass is 9.97. The van der Waals surface area contributed by atoms with Gasteiger partial charge in [0.2, 0.25) is 5.91 Å². The van der Waals surface area contributed by atoms with E-state index in [1.807, 2.05) is 33.7 Å². The van der Waals surface area contributed by atoms with Crippen LogP contribution in [0.3, 0.4) is 0 Å². The molecule has 3 heterocycles. The molecule has 0 saturated carbocycles. The summed E-state index contributed by atoms with van der Waals surface area (Å²) in [6, 6.07) is 12.6. The number of fused-ring (bicyclic) bond motifs is 1. The molecular formula is C22H24ClN5O2. The number of piperidine rings is 1. The normalized spacial score (nSPS) is 16.6. The fourth-order valence-corrected chi connectivity index (χ4v) is 3.98. The third-order valence-electron chi connectivity index (χ3n) is 5.44. The Morgan fingerprint density at radius 2 is 1.97 bits per heavy atom. The van der Waals surface area contributed by atoms with Crippen LogP contribution in [0.1, 0.15) is 47.8 Å². The second-order valence-corrected chi connectivity index (χ2v) is 7.97. The third-order valence-corrected chi connectivity index (χ3v) is 5.69. The maximum Gasteiger partial charge on any atom is 0.251 e. The monoisotopic (exact) mass is 425 g/mol. The van der Waals surface area contributed by atoms with Crippen LogP contribution in [-0.4, -0.2) is 50.9 Å². The Bertz CT molecular complexity index is 1030. The van der Waals surface area contributed by atoms with Crippen molar-refractivity contribution in [2.75, 3.05) is 19.6 Å². The van der Waals surface area contributed by atoms with E-state index in [9.17, 15) is 9.59 Å². The molecule has 4 rings (SSSR count). The first-order valence-corrected chi connectivity index (χ1v) is 10.6. The fourth-order valence-electron chi connectivity index (χ4n) is 3.86. The van der Waals surface area contributed by atoms with Gasteiger partial charge in [-0.1, -0.05) is 17.7 Å². The number of rotatable bonds is 6. The summed E-state index contributed by atoms with van der Waals surface area (Å²) in [5, 5.41) is 12.0. The van der Waals surface area contributed by atoms with E-state index in [1.165, 1.54) is 0 Å². The number of aromatic nitrogens is 3. The van der Waals surface area contributed by atoms with Gasteiger partial charge in [-0.25, -0.2) is 0 Å². The van der Waals surface area contributed by atoms with Crippen LogP contribution in [0.2, 0.25) is 5.02 Å². The van der Waals surface area contributed by atoms with Crippen LogP contribution in [0, 0.1) is 0 Å². The van der Waals surface area contributed by atoms with Crippen molar-refractivity contribution >= 4 is 29.1 Å². The highest BCUT2D eigenvalue weighted by atomic mass is 35.5. The van der Waals surface area contributed by atoms with Gasteiger partial charge in [0.25, 0.3) is 5.91 Å². The fraction of sp³-hybridized carbons (Fsp3) is 0.364. The molecule has 1 N–H and O–H groups in total. The van der Waals surface area contributed by atoms with E-state index in [4.69, 9.17) is 11.6 Å². The molecule has 0 bridgehead atoms. The van der Waals surface area contributed by atoms with Gasteiger partial charge in [-0.15, -0.1) is 10.2 Å². The van der Waals surface area contributed by atoms with Crippen molar-refractivity contribution in [2.45, 2.75) is 31.6 Å². The molecule has 7 nitrogen and oxygen atoms in total. The van der Waals surface area contributed by atoms with Crippen LogP contribution in [0.4, 0.5) is 0 Å². The lowest BCUT2D eigenvalue weighted by Crippen LogP contribution is -2.39. The van der Waals surface area contributed by atoms with Crippen LogP contribution in [-0.2, 0) is 4.79 Å². The molecule has 1 saturated heterocycles. The molecule has 2 amide bonds. The Labute approximate surface area is 180 Å². The minimum atomic E-state index is -0.157. The molecule has 1 aliphatic rings. The summed E-state index contributed by atoms with van der Waals surface area (Å²) in [6.45, 7) is 1.88. The standard InChI is InChI=1S/C22H24ClN5O2/c23-18-10-8-16(9-11-18)22(30)24-12-3-7-20(29)27-13-4-5-17(15-27)21-26-25-19-6-1-2-14-28(19)21/h1-2,6,8-11,14,17H,3-5,7,12-13,15H2,(H,24,30)/t17-/m0/s1. The smallest absolute Gasteiger partial charge is 0.251 e. The number of carbonyl (C=O) groups is 2. The molecule has 0 spiro atoms. The van der Waals surface area contributed by atoms with Gasteiger partial charge in [0.05, 0.1) is 0 Å². The van der Waals surface area contributed by atoms with Crippen molar-refractivity contribution in [3.8, 4) is 0 Å². The van der Waals surface area contributed by atoms with Crippen LogP contribution >= 0.6 is 11.6 Å². The Balaban J connectivity index is 1.26. The van der Waals surface area contributed by atoms with E-state index in [-0.39, 0.29) is 17.7 Å². The number of likely N-dealkylation sites (tertiary alicyclic amines) is 1. The zero-order valence-corrected chi connectivity index (χ0v) is 17.4. The highest BCUT2D eigenvalue weighted by Gasteiger charge is 2.27. The molecule has 8 heteroatoms. The van der Waals surface area contributed by atoms with Crippen molar-refractivity contribution in [3.05, 3.63) is 65.1 Å². The van der Waals surface area contributed by atoms with Crippen LogP contribution < -0.4 is 5.32 Å². The molecule has 156 valence electrons. The Morgan fingerprint density at radius 1 is 1.13 bits per heavy atom. The second kappa shape index (κ2) is 9.26. The molecule has 0 aliphatic carbocycles. The molecule has 0 radical (unpaired) electrons. The van der Waals surface area contributed by atoms with Gasteiger partial charge in [-0.3, -0.25) is 14.0 Å². The van der Waals surface area contributed by atoms with Crippen LogP contribution in [0.5, 0.6) is 0 Å². The number of nitrogens with one attached hydrogen (secondary N) is 1. The first-order chi connectivity index (χ1) is 14.6. The Morgan fingerprint density at radius 3 is 2.80 bits per heavy atom. The Kier molecular flexibility index (Phi) is 6.28. The van der Waals surface area contributed by atoms with Crippen molar-refractivity contribution in [1.82, 2.24) is 24.8 Å². The topological polar surface area (TPSA) is 79.6 Å². The van der Waals surface area contributed by atoms with E-state index in [0.29, 0.717) is 36.5 Å². The summed E-state index contributed by atoms with van der Waals surface area (Å²) in [7, 11) is 0. The SMILES string of the molecule is O=C(NCCCC(=O)N1CCC[C@H](c2nnc3ccccn23)C1)c1ccc(Cl)cc1. The van der Waals surface area contributed by atoms with E-state index in [1.54, 1.807) is 24.3 Å². The number of nitrogens with zero attached hydrogens (tertiary/aromatic N) is 4. The third kappa shape index (κ3) is 4.62. The minimum absolute atomic E-state index is 0.120. The van der Waals surface area contributed by atoms with Gasteiger partial charge in [0.15, 0.2) is 5.65 Å². The van der Waals surface area contributed by atoms with Crippen molar-refractivity contribution < 1.29 is 9.59 Å². The minimum Gasteiger partial charge on any atom is -0.352 e. The van der Waals surface area contributed by atoms with Crippen molar-refractivity contribution in [3.63, 3.8) is 0 Å². The maximum absolute atomic E-state index is 12.7. The highest BCUT2D eigenvalue weighted by molar-refractivity contribution is 6.30. The molecule has 1 fully saturated rings. The summed E-state index contributed by atoms with van der Waals surface area (Å²) in [5.41, 5.74) is 1.39. The molecule has 30 heavy (non-hydrogen) atoms. The number of halogens is 1. The molecule has 1 atom stereocenters. The first-order valence-electron chi connectivity index (χ1n) is 10.2. The maximum atomic E-state index is 12.7. The summed E-state index contributed by atoms with van der Waals surface area (Å²) < 4.78 is 2.00. The van der Waals surface area contributed by atoms with Gasteiger partial charge >= 0.3 is 0 Å². The summed E-state index contributed by atoms with van der Waals surface area (Å²) in [5.74, 6) is 1.06. The summed E-state index contributed by atoms with van der Waals surface area (Å²) in [6.07, 6.45) is 4.93. The lowest BCUT2D eigenvalue weighted by Gasteiger charge is -2.32. The predicted octanol–water partition coefficient (Wildman–Crippen LogP) is 3.30. The molecule has 0 unspecified atom stereocenters. The van der Waals surface area contributed by atoms with Crippen molar-refractivity contribution in [1.29, 1.82) is 0 Å². The zero-order valence-electron chi connectivity index (χ0n) is 16.6. The number of hydrogen-bond donors (Lipinski definition) is 1. The van der Waals surface area contributed by atoms with Crippen LogP contribution in [0.15, 0.2) is 48.7 Å². The number of hydrogen-bond acceptors (Lipinski definition) is 4. The number of amides is 2. The predicted molar refractivity (Wildman–Crippen MR) is 115 cm³/mol. The van der Waals surface area contributed by atoms with Gasteiger partial charge in [-0.05, 0) is 55.7 Å². The average Bonchev–Trinajstić information content (AvgIpc) is 3.21. The number of benzene rings is 1. The average molecular weight is 426 g/mol. The van der Waals surface area contributed by atoms with Gasteiger partial charge in [0.1, 0.15) is 5.82 Å². The molecule has 1 aromatic carbocycles.